The van der Waals surface area contributed by atoms with E-state index in [1.165, 1.54) is 24.9 Å². The quantitative estimate of drug-likeness (QED) is 0.444. The molecule has 0 aromatic carbocycles. The first-order chi connectivity index (χ1) is 5.33. The van der Waals surface area contributed by atoms with E-state index in [9.17, 15) is 4.79 Å². The predicted octanol–water partition coefficient (Wildman–Crippen LogP) is 1.61. The maximum absolute atomic E-state index is 10.8. The number of carbonyl (C=O) groups is 1. The van der Waals surface area contributed by atoms with Gasteiger partial charge in [0, 0.05) is 11.8 Å². The first-order valence-corrected chi connectivity index (χ1v) is 4.83. The van der Waals surface area contributed by atoms with E-state index in [1.54, 1.807) is 6.08 Å². The molecule has 3 heteroatoms. The molecule has 0 atom stereocenters. The molecule has 62 valence electrons. The van der Waals surface area contributed by atoms with E-state index < -0.39 is 0 Å². The van der Waals surface area contributed by atoms with Gasteiger partial charge in [-0.05, 0) is 18.6 Å². The summed E-state index contributed by atoms with van der Waals surface area (Å²) in [5, 5.41) is 0. The number of hydrogen-bond donors (Lipinski definition) is 0. The van der Waals surface area contributed by atoms with Gasteiger partial charge in [-0.2, -0.15) is 11.8 Å². The lowest BCUT2D eigenvalue weighted by atomic mass is 10.1. The summed E-state index contributed by atoms with van der Waals surface area (Å²) in [5.41, 5.74) is 1.22. The summed E-state index contributed by atoms with van der Waals surface area (Å²) in [6.45, 7) is 0. The molecular formula is C8H12O2S. The Kier molecular flexibility index (Phi) is 3.49. The zero-order chi connectivity index (χ0) is 8.10. The third-order valence-electron chi connectivity index (χ3n) is 1.60. The minimum atomic E-state index is -0.220. The van der Waals surface area contributed by atoms with Gasteiger partial charge in [0.1, 0.15) is 0 Å². The SMILES string of the molecule is COC(=O)/C=C1/CCCSC1. The van der Waals surface area contributed by atoms with Crippen molar-refractivity contribution in [3.8, 4) is 0 Å². The van der Waals surface area contributed by atoms with Gasteiger partial charge >= 0.3 is 5.97 Å². The molecule has 1 aliphatic rings. The van der Waals surface area contributed by atoms with Crippen molar-refractivity contribution in [2.24, 2.45) is 0 Å². The second-order valence-corrected chi connectivity index (χ2v) is 3.59. The Labute approximate surface area is 71.0 Å². The summed E-state index contributed by atoms with van der Waals surface area (Å²) in [4.78, 5) is 10.8. The van der Waals surface area contributed by atoms with Gasteiger partial charge in [-0.3, -0.25) is 0 Å². The van der Waals surface area contributed by atoms with Crippen molar-refractivity contribution >= 4 is 17.7 Å². The van der Waals surface area contributed by atoms with Crippen molar-refractivity contribution in [1.82, 2.24) is 0 Å². The van der Waals surface area contributed by atoms with Gasteiger partial charge in [-0.1, -0.05) is 5.57 Å². The number of thioether (sulfide) groups is 1. The van der Waals surface area contributed by atoms with Crippen LogP contribution < -0.4 is 0 Å². The average Bonchev–Trinajstić information content (AvgIpc) is 2.06. The van der Waals surface area contributed by atoms with Crippen molar-refractivity contribution in [1.29, 1.82) is 0 Å². The highest BCUT2D eigenvalue weighted by atomic mass is 32.2. The van der Waals surface area contributed by atoms with Crippen LogP contribution in [0.25, 0.3) is 0 Å². The number of carbonyl (C=O) groups excluding carboxylic acids is 1. The largest absolute Gasteiger partial charge is 0.466 e. The number of methoxy groups -OCH3 is 1. The Balaban J connectivity index is 2.43. The van der Waals surface area contributed by atoms with Crippen LogP contribution >= 0.6 is 11.8 Å². The number of esters is 1. The Bertz CT molecular complexity index is 167. The van der Waals surface area contributed by atoms with Crippen LogP contribution in [0.15, 0.2) is 11.6 Å². The van der Waals surface area contributed by atoms with Gasteiger partial charge in [0.2, 0.25) is 0 Å². The summed E-state index contributed by atoms with van der Waals surface area (Å²) in [6.07, 6.45) is 3.86. The predicted molar refractivity (Wildman–Crippen MR) is 46.7 cm³/mol. The first-order valence-electron chi connectivity index (χ1n) is 3.68. The van der Waals surface area contributed by atoms with Crippen LogP contribution in [0.5, 0.6) is 0 Å². The monoisotopic (exact) mass is 172 g/mol. The van der Waals surface area contributed by atoms with Crippen LogP contribution in [0.2, 0.25) is 0 Å². The molecule has 0 aromatic rings. The standard InChI is InChI=1S/C8H12O2S/c1-10-8(9)5-7-3-2-4-11-6-7/h5H,2-4,6H2,1H3/b7-5-. The maximum atomic E-state index is 10.8. The van der Waals surface area contributed by atoms with Crippen LogP contribution in [0, 0.1) is 0 Å². The lowest BCUT2D eigenvalue weighted by Crippen LogP contribution is -2.03. The molecule has 1 fully saturated rings. The van der Waals surface area contributed by atoms with Gasteiger partial charge in [0.15, 0.2) is 0 Å². The summed E-state index contributed by atoms with van der Waals surface area (Å²) in [7, 11) is 1.41. The minimum Gasteiger partial charge on any atom is -0.466 e. The zero-order valence-electron chi connectivity index (χ0n) is 6.63. The van der Waals surface area contributed by atoms with E-state index in [1.807, 2.05) is 11.8 Å². The molecule has 0 spiro atoms. The fourth-order valence-electron chi connectivity index (χ4n) is 1.02. The van der Waals surface area contributed by atoms with E-state index >= 15 is 0 Å². The van der Waals surface area contributed by atoms with E-state index in [0.717, 1.165) is 12.2 Å². The minimum absolute atomic E-state index is 0.220. The fraction of sp³-hybridized carbons (Fsp3) is 0.625. The van der Waals surface area contributed by atoms with Crippen molar-refractivity contribution in [2.45, 2.75) is 12.8 Å². The Morgan fingerprint density at radius 1 is 1.73 bits per heavy atom. The smallest absolute Gasteiger partial charge is 0.330 e. The molecule has 1 saturated heterocycles. The summed E-state index contributed by atoms with van der Waals surface area (Å²) >= 11 is 1.88. The molecule has 0 radical (unpaired) electrons. The van der Waals surface area contributed by atoms with Crippen molar-refractivity contribution < 1.29 is 9.53 Å². The molecule has 1 heterocycles. The number of rotatable bonds is 1. The van der Waals surface area contributed by atoms with Gasteiger partial charge in [-0.15, -0.1) is 0 Å². The van der Waals surface area contributed by atoms with Gasteiger partial charge in [-0.25, -0.2) is 4.79 Å². The normalized spacial score (nSPS) is 21.7. The zero-order valence-corrected chi connectivity index (χ0v) is 7.45. The molecule has 0 unspecified atom stereocenters. The molecule has 0 amide bonds. The molecule has 0 saturated carbocycles. The second kappa shape index (κ2) is 4.44. The maximum Gasteiger partial charge on any atom is 0.330 e. The van der Waals surface area contributed by atoms with Crippen LogP contribution in [0.4, 0.5) is 0 Å². The second-order valence-electron chi connectivity index (χ2n) is 2.48. The third-order valence-corrected chi connectivity index (χ3v) is 2.75. The molecule has 0 aliphatic carbocycles. The third kappa shape index (κ3) is 2.97. The molecule has 0 aromatic heterocycles. The molecule has 0 N–H and O–H groups in total. The van der Waals surface area contributed by atoms with Crippen molar-refractivity contribution in [3.63, 3.8) is 0 Å². The van der Waals surface area contributed by atoms with Crippen LogP contribution in [-0.2, 0) is 9.53 Å². The Morgan fingerprint density at radius 3 is 3.09 bits per heavy atom. The highest BCUT2D eigenvalue weighted by Crippen LogP contribution is 2.21. The molecule has 11 heavy (non-hydrogen) atoms. The summed E-state index contributed by atoms with van der Waals surface area (Å²) in [6, 6.07) is 0. The number of ether oxygens (including phenoxy) is 1. The van der Waals surface area contributed by atoms with Gasteiger partial charge < -0.3 is 4.74 Å². The van der Waals surface area contributed by atoms with Crippen LogP contribution in [-0.4, -0.2) is 24.6 Å². The fourth-order valence-corrected chi connectivity index (χ4v) is 2.00. The molecule has 0 bridgehead atoms. The summed E-state index contributed by atoms with van der Waals surface area (Å²) < 4.78 is 4.53. The average molecular weight is 172 g/mol. The van der Waals surface area contributed by atoms with Crippen molar-refractivity contribution in [2.75, 3.05) is 18.6 Å². The Hall–Kier alpha value is -0.440. The van der Waals surface area contributed by atoms with Gasteiger partial charge in [0.05, 0.1) is 7.11 Å². The van der Waals surface area contributed by atoms with Gasteiger partial charge in [0.25, 0.3) is 0 Å². The summed E-state index contributed by atoms with van der Waals surface area (Å²) in [5.74, 6) is 2.00. The highest BCUT2D eigenvalue weighted by Gasteiger charge is 2.06. The van der Waals surface area contributed by atoms with E-state index in [4.69, 9.17) is 0 Å². The van der Waals surface area contributed by atoms with Crippen LogP contribution in [0.1, 0.15) is 12.8 Å². The molecule has 1 rings (SSSR count). The molecule has 1 aliphatic heterocycles. The lowest BCUT2D eigenvalue weighted by Gasteiger charge is -2.12. The molecule has 2 nitrogen and oxygen atoms in total. The van der Waals surface area contributed by atoms with Crippen molar-refractivity contribution in [3.05, 3.63) is 11.6 Å². The first kappa shape index (κ1) is 8.65. The van der Waals surface area contributed by atoms with E-state index in [-0.39, 0.29) is 5.97 Å². The molecular weight excluding hydrogens is 160 g/mol. The lowest BCUT2D eigenvalue weighted by molar-refractivity contribution is -0.134. The van der Waals surface area contributed by atoms with E-state index in [0.29, 0.717) is 0 Å². The number of hydrogen-bond acceptors (Lipinski definition) is 3. The van der Waals surface area contributed by atoms with E-state index in [2.05, 4.69) is 4.74 Å². The van der Waals surface area contributed by atoms with Crippen LogP contribution in [0.3, 0.4) is 0 Å². The topological polar surface area (TPSA) is 26.3 Å². The highest BCUT2D eigenvalue weighted by molar-refractivity contribution is 7.99. The Morgan fingerprint density at radius 2 is 2.55 bits per heavy atom.